The van der Waals surface area contributed by atoms with Crippen molar-refractivity contribution in [3.05, 3.63) is 35.9 Å². The molecule has 0 radical (unpaired) electrons. The van der Waals surface area contributed by atoms with Crippen molar-refractivity contribution in [1.82, 2.24) is 9.80 Å². The maximum Gasteiger partial charge on any atom is 0.0475 e. The van der Waals surface area contributed by atoms with Crippen LogP contribution in [-0.2, 0) is 0 Å². The number of nitrogens with zero attached hydrogens (tertiary/aromatic N) is 2. The third-order valence-corrected chi connectivity index (χ3v) is 5.60. The number of hydrogen-bond acceptors (Lipinski definition) is 3. The number of rotatable bonds is 3. The van der Waals surface area contributed by atoms with E-state index in [-0.39, 0.29) is 0 Å². The Labute approximate surface area is 129 Å². The molecule has 1 aliphatic carbocycles. The zero-order chi connectivity index (χ0) is 14.9. The Morgan fingerprint density at radius 1 is 1.24 bits per heavy atom. The second-order valence-electron chi connectivity index (χ2n) is 7.31. The van der Waals surface area contributed by atoms with Gasteiger partial charge in [-0.3, -0.25) is 4.90 Å². The summed E-state index contributed by atoms with van der Waals surface area (Å²) in [4.78, 5) is 5.13. The molecule has 1 heterocycles. The summed E-state index contributed by atoms with van der Waals surface area (Å²) in [5, 5.41) is 0. The van der Waals surface area contributed by atoms with Gasteiger partial charge in [-0.2, -0.15) is 0 Å². The Hall–Kier alpha value is -0.900. The van der Waals surface area contributed by atoms with Gasteiger partial charge in [0.25, 0.3) is 0 Å². The molecule has 21 heavy (non-hydrogen) atoms. The highest BCUT2D eigenvalue weighted by Gasteiger charge is 2.40. The molecule has 3 rings (SSSR count). The molecule has 1 saturated carbocycles. The predicted octanol–water partition coefficient (Wildman–Crippen LogP) is 2.49. The highest BCUT2D eigenvalue weighted by atomic mass is 15.3. The minimum Gasteiger partial charge on any atom is -0.327 e. The van der Waals surface area contributed by atoms with E-state index in [4.69, 9.17) is 5.73 Å². The lowest BCUT2D eigenvalue weighted by Gasteiger charge is -2.45. The summed E-state index contributed by atoms with van der Waals surface area (Å²) >= 11 is 0. The van der Waals surface area contributed by atoms with E-state index >= 15 is 0 Å². The lowest BCUT2D eigenvalue weighted by molar-refractivity contribution is 0.0480. The Bertz CT molecular complexity index is 461. The van der Waals surface area contributed by atoms with Crippen molar-refractivity contribution in [2.24, 2.45) is 11.1 Å². The molecule has 116 valence electrons. The topological polar surface area (TPSA) is 32.5 Å². The van der Waals surface area contributed by atoms with E-state index < -0.39 is 0 Å². The summed E-state index contributed by atoms with van der Waals surface area (Å²) in [5.41, 5.74) is 8.14. The van der Waals surface area contributed by atoms with Gasteiger partial charge in [0.2, 0.25) is 0 Å². The van der Waals surface area contributed by atoms with Crippen LogP contribution in [0.25, 0.3) is 0 Å². The molecule has 3 atom stereocenters. The molecule has 3 unspecified atom stereocenters. The van der Waals surface area contributed by atoms with Gasteiger partial charge in [0.1, 0.15) is 0 Å². The quantitative estimate of drug-likeness (QED) is 0.927. The van der Waals surface area contributed by atoms with Crippen LogP contribution in [0.1, 0.15) is 37.8 Å². The zero-order valence-corrected chi connectivity index (χ0v) is 13.5. The van der Waals surface area contributed by atoms with Gasteiger partial charge < -0.3 is 10.6 Å². The smallest absolute Gasteiger partial charge is 0.0475 e. The van der Waals surface area contributed by atoms with Gasteiger partial charge in [0.15, 0.2) is 0 Å². The first-order chi connectivity index (χ1) is 10.1. The number of hydrogen-bond donors (Lipinski definition) is 1. The summed E-state index contributed by atoms with van der Waals surface area (Å²) in [5.74, 6) is 0. The van der Waals surface area contributed by atoms with Crippen LogP contribution in [-0.4, -0.2) is 49.1 Å². The summed E-state index contributed by atoms with van der Waals surface area (Å²) in [7, 11) is 2.23. The molecular formula is C18H29N3. The van der Waals surface area contributed by atoms with Crippen LogP contribution in [0.2, 0.25) is 0 Å². The van der Waals surface area contributed by atoms with E-state index in [0.717, 1.165) is 26.2 Å². The first-order valence-electron chi connectivity index (χ1n) is 8.32. The normalized spacial score (nSPS) is 35.2. The SMILES string of the molecule is CN1CCN(CC2(C)CCCC2N)C(c2ccccc2)C1. The van der Waals surface area contributed by atoms with Crippen molar-refractivity contribution in [3.63, 3.8) is 0 Å². The molecule has 1 saturated heterocycles. The molecule has 3 nitrogen and oxygen atoms in total. The molecule has 2 N–H and O–H groups in total. The van der Waals surface area contributed by atoms with Crippen molar-refractivity contribution in [2.75, 3.05) is 33.2 Å². The van der Waals surface area contributed by atoms with E-state index in [9.17, 15) is 0 Å². The monoisotopic (exact) mass is 287 g/mol. The minimum atomic E-state index is 0.295. The largest absolute Gasteiger partial charge is 0.327 e. The summed E-state index contributed by atoms with van der Waals surface area (Å²) in [6.45, 7) is 6.97. The van der Waals surface area contributed by atoms with Crippen LogP contribution >= 0.6 is 0 Å². The lowest BCUT2D eigenvalue weighted by Crippen LogP contribution is -2.52. The second kappa shape index (κ2) is 6.07. The standard InChI is InChI=1S/C18H29N3/c1-18(10-6-9-17(18)19)14-21-12-11-20(2)13-16(21)15-7-4-3-5-8-15/h3-5,7-8,16-17H,6,9-14,19H2,1-2H3. The van der Waals surface area contributed by atoms with E-state index in [1.165, 1.54) is 24.8 Å². The van der Waals surface area contributed by atoms with Gasteiger partial charge in [-0.25, -0.2) is 0 Å². The average Bonchev–Trinajstić information content (AvgIpc) is 2.81. The van der Waals surface area contributed by atoms with Crippen LogP contribution in [0.3, 0.4) is 0 Å². The first-order valence-corrected chi connectivity index (χ1v) is 8.32. The van der Waals surface area contributed by atoms with Crippen molar-refractivity contribution in [1.29, 1.82) is 0 Å². The number of piperazine rings is 1. The predicted molar refractivity (Wildman–Crippen MR) is 88.2 cm³/mol. The van der Waals surface area contributed by atoms with Crippen molar-refractivity contribution >= 4 is 0 Å². The summed E-state index contributed by atoms with van der Waals surface area (Å²) in [6.07, 6.45) is 3.77. The molecule has 0 spiro atoms. The maximum absolute atomic E-state index is 6.40. The highest BCUT2D eigenvalue weighted by molar-refractivity contribution is 5.20. The molecule has 1 aromatic rings. The summed E-state index contributed by atoms with van der Waals surface area (Å²) in [6, 6.07) is 11.8. The lowest BCUT2D eigenvalue weighted by atomic mass is 9.83. The van der Waals surface area contributed by atoms with Crippen LogP contribution in [0.15, 0.2) is 30.3 Å². The van der Waals surface area contributed by atoms with E-state index in [2.05, 4.69) is 54.1 Å². The number of benzene rings is 1. The molecule has 1 aromatic carbocycles. The number of nitrogens with two attached hydrogens (primary N) is 1. The van der Waals surface area contributed by atoms with Crippen molar-refractivity contribution in [2.45, 2.75) is 38.3 Å². The van der Waals surface area contributed by atoms with E-state index in [1.54, 1.807) is 0 Å². The first kappa shape index (κ1) is 15.0. The van der Waals surface area contributed by atoms with Crippen LogP contribution < -0.4 is 5.73 Å². The van der Waals surface area contributed by atoms with Crippen molar-refractivity contribution < 1.29 is 0 Å². The van der Waals surface area contributed by atoms with Crippen LogP contribution in [0.4, 0.5) is 0 Å². The molecule has 0 amide bonds. The molecule has 2 fully saturated rings. The van der Waals surface area contributed by atoms with Gasteiger partial charge in [-0.1, -0.05) is 43.7 Å². The average molecular weight is 287 g/mol. The maximum atomic E-state index is 6.40. The Morgan fingerprint density at radius 3 is 2.67 bits per heavy atom. The Morgan fingerprint density at radius 2 is 2.00 bits per heavy atom. The fourth-order valence-corrected chi connectivity index (χ4v) is 4.06. The Kier molecular flexibility index (Phi) is 4.34. The van der Waals surface area contributed by atoms with Gasteiger partial charge in [-0.15, -0.1) is 0 Å². The third kappa shape index (κ3) is 3.15. The highest BCUT2D eigenvalue weighted by Crippen LogP contribution is 2.39. The fourth-order valence-electron chi connectivity index (χ4n) is 4.06. The van der Waals surface area contributed by atoms with Crippen LogP contribution in [0, 0.1) is 5.41 Å². The molecule has 3 heteroatoms. The summed E-state index contributed by atoms with van der Waals surface area (Å²) < 4.78 is 0. The van der Waals surface area contributed by atoms with Crippen LogP contribution in [0.5, 0.6) is 0 Å². The van der Waals surface area contributed by atoms with Gasteiger partial charge >= 0.3 is 0 Å². The molecule has 0 aromatic heterocycles. The molecule has 1 aliphatic heterocycles. The van der Waals surface area contributed by atoms with Crippen molar-refractivity contribution in [3.8, 4) is 0 Å². The second-order valence-corrected chi connectivity index (χ2v) is 7.31. The molecular weight excluding hydrogens is 258 g/mol. The van der Waals surface area contributed by atoms with Gasteiger partial charge in [0.05, 0.1) is 0 Å². The number of likely N-dealkylation sites (N-methyl/N-ethyl adjacent to an activating group) is 1. The molecule has 0 bridgehead atoms. The molecule has 2 aliphatic rings. The van der Waals surface area contributed by atoms with E-state index in [0.29, 0.717) is 17.5 Å². The van der Waals surface area contributed by atoms with E-state index in [1.807, 2.05) is 0 Å². The third-order valence-electron chi connectivity index (χ3n) is 5.60. The minimum absolute atomic E-state index is 0.295. The fraction of sp³-hybridized carbons (Fsp3) is 0.667. The Balaban J connectivity index is 1.78. The zero-order valence-electron chi connectivity index (χ0n) is 13.5. The van der Waals surface area contributed by atoms with Gasteiger partial charge in [0, 0.05) is 38.3 Å². The van der Waals surface area contributed by atoms with Gasteiger partial charge in [-0.05, 0) is 30.9 Å².